The summed E-state index contributed by atoms with van der Waals surface area (Å²) in [5, 5.41) is 7.43. The van der Waals surface area contributed by atoms with Crippen LogP contribution in [0.1, 0.15) is 24.0 Å². The number of aliphatic imine (C=N–C) groups is 1. The molecule has 2 aromatic rings. The molecule has 1 heterocycles. The molecular weight excluding hydrogens is 543 g/mol. The summed E-state index contributed by atoms with van der Waals surface area (Å²) in [4.78, 5) is 17.7. The van der Waals surface area contributed by atoms with Crippen LogP contribution in [0.3, 0.4) is 0 Å². The molecule has 1 aliphatic rings. The molecule has 0 spiro atoms. The lowest BCUT2D eigenvalue weighted by Gasteiger charge is -2.32. The van der Waals surface area contributed by atoms with Gasteiger partial charge in [0.2, 0.25) is 0 Å². The van der Waals surface area contributed by atoms with E-state index in [0.29, 0.717) is 37.0 Å². The average Bonchev–Trinajstić information content (AvgIpc) is 2.81. The van der Waals surface area contributed by atoms with Crippen LogP contribution in [0.4, 0.5) is 4.79 Å². The Kier molecular flexibility index (Phi) is 10.9. The van der Waals surface area contributed by atoms with Crippen LogP contribution in [0.15, 0.2) is 53.5 Å². The van der Waals surface area contributed by atoms with Gasteiger partial charge in [-0.3, -0.25) is 4.99 Å². The largest absolute Gasteiger partial charge is 0.487 e. The Morgan fingerprint density at radius 2 is 1.78 bits per heavy atom. The zero-order valence-corrected chi connectivity index (χ0v) is 21.4. The first-order valence-electron chi connectivity index (χ1n) is 10.3. The summed E-state index contributed by atoms with van der Waals surface area (Å²) in [5.41, 5.74) is 2.20. The number of likely N-dealkylation sites (tertiary alicyclic amines) is 1. The third-order valence-corrected chi connectivity index (χ3v) is 5.59. The van der Waals surface area contributed by atoms with Gasteiger partial charge in [-0.2, -0.15) is 0 Å². The number of carbonyl (C=O) groups is 1. The van der Waals surface area contributed by atoms with Crippen LogP contribution in [0.25, 0.3) is 0 Å². The van der Waals surface area contributed by atoms with Crippen LogP contribution in [0.2, 0.25) is 5.02 Å². The molecule has 3 rings (SSSR count). The van der Waals surface area contributed by atoms with Gasteiger partial charge in [-0.25, -0.2) is 4.79 Å². The van der Waals surface area contributed by atoms with Gasteiger partial charge in [0.25, 0.3) is 0 Å². The maximum absolute atomic E-state index is 11.6. The quantitative estimate of drug-likeness (QED) is 0.304. The predicted molar refractivity (Wildman–Crippen MR) is 138 cm³/mol. The van der Waals surface area contributed by atoms with Crippen LogP contribution in [0, 0.1) is 0 Å². The van der Waals surface area contributed by atoms with E-state index in [2.05, 4.69) is 21.7 Å². The van der Waals surface area contributed by atoms with E-state index in [1.165, 1.54) is 7.11 Å². The van der Waals surface area contributed by atoms with Gasteiger partial charge in [0.15, 0.2) is 5.96 Å². The first kappa shape index (κ1) is 26.1. The Morgan fingerprint density at radius 3 is 2.44 bits per heavy atom. The normalized spacial score (nSPS) is 14.3. The number of guanidine groups is 1. The summed E-state index contributed by atoms with van der Waals surface area (Å²) in [5.74, 6) is 1.40. The molecule has 0 aromatic heterocycles. The number of nitrogens with zero attached hydrogens (tertiary/aromatic N) is 2. The highest BCUT2D eigenvalue weighted by Crippen LogP contribution is 2.24. The van der Waals surface area contributed by atoms with Crippen molar-refractivity contribution in [3.8, 4) is 5.75 Å². The molecule has 2 aromatic carbocycles. The van der Waals surface area contributed by atoms with Gasteiger partial charge in [0, 0.05) is 32.7 Å². The molecule has 0 saturated carbocycles. The number of hydrogen-bond donors (Lipinski definition) is 2. The van der Waals surface area contributed by atoms with Gasteiger partial charge < -0.3 is 25.0 Å². The minimum atomic E-state index is -0.267. The minimum absolute atomic E-state index is 0. The van der Waals surface area contributed by atoms with Gasteiger partial charge in [0.05, 0.1) is 12.1 Å². The monoisotopic (exact) mass is 572 g/mol. The topological polar surface area (TPSA) is 75.2 Å². The number of nitrogens with one attached hydrogen (secondary N) is 2. The van der Waals surface area contributed by atoms with Crippen LogP contribution in [-0.2, 0) is 17.9 Å². The number of carbonyl (C=O) groups excluding carboxylic acids is 1. The SMILES string of the molecule is CN=C(NCc1ccccc1COc1ccccc1Cl)NC1CCN(C(=O)OC)CC1.I. The van der Waals surface area contributed by atoms with E-state index in [1.54, 1.807) is 11.9 Å². The van der Waals surface area contributed by atoms with Crippen molar-refractivity contribution in [1.29, 1.82) is 0 Å². The maximum Gasteiger partial charge on any atom is 0.409 e. The number of rotatable bonds is 6. The number of amides is 1. The van der Waals surface area contributed by atoms with E-state index < -0.39 is 0 Å². The lowest BCUT2D eigenvalue weighted by atomic mass is 10.1. The molecule has 0 radical (unpaired) electrons. The number of benzene rings is 2. The number of piperidine rings is 1. The highest BCUT2D eigenvalue weighted by molar-refractivity contribution is 14.0. The van der Waals surface area contributed by atoms with Crippen molar-refractivity contribution in [2.45, 2.75) is 32.0 Å². The molecule has 174 valence electrons. The lowest BCUT2D eigenvalue weighted by molar-refractivity contribution is 0.111. The van der Waals surface area contributed by atoms with Crippen LogP contribution >= 0.6 is 35.6 Å². The molecule has 1 amide bonds. The summed E-state index contributed by atoms with van der Waals surface area (Å²) in [7, 11) is 3.17. The number of hydrogen-bond acceptors (Lipinski definition) is 4. The van der Waals surface area contributed by atoms with E-state index >= 15 is 0 Å². The highest BCUT2D eigenvalue weighted by atomic mass is 127. The van der Waals surface area contributed by atoms with Crippen molar-refractivity contribution < 1.29 is 14.3 Å². The smallest absolute Gasteiger partial charge is 0.409 e. The number of para-hydroxylation sites is 1. The van der Waals surface area contributed by atoms with E-state index in [1.807, 2.05) is 42.5 Å². The van der Waals surface area contributed by atoms with Crippen molar-refractivity contribution in [3.63, 3.8) is 0 Å². The van der Waals surface area contributed by atoms with Crippen molar-refractivity contribution in [3.05, 3.63) is 64.7 Å². The van der Waals surface area contributed by atoms with E-state index in [4.69, 9.17) is 21.1 Å². The average molecular weight is 573 g/mol. The van der Waals surface area contributed by atoms with E-state index in [0.717, 1.165) is 29.9 Å². The summed E-state index contributed by atoms with van der Waals surface area (Å²) in [6.07, 6.45) is 1.42. The van der Waals surface area contributed by atoms with Gasteiger partial charge in [-0.15, -0.1) is 24.0 Å². The Bertz CT molecular complexity index is 904. The second-order valence-electron chi connectivity index (χ2n) is 7.29. The summed E-state index contributed by atoms with van der Waals surface area (Å²) in [6.45, 7) is 2.38. The molecule has 0 unspecified atom stereocenters. The molecule has 9 heteroatoms. The van der Waals surface area contributed by atoms with Crippen LogP contribution in [0.5, 0.6) is 5.75 Å². The predicted octanol–water partition coefficient (Wildman–Crippen LogP) is 4.43. The Labute approximate surface area is 211 Å². The molecular formula is C23H30ClIN4O3. The molecule has 0 aliphatic carbocycles. The number of halogens is 2. The fourth-order valence-corrected chi connectivity index (χ4v) is 3.68. The first-order chi connectivity index (χ1) is 15.1. The fraction of sp³-hybridized carbons (Fsp3) is 0.391. The van der Waals surface area contributed by atoms with Crippen LogP contribution in [-0.4, -0.2) is 50.2 Å². The van der Waals surface area contributed by atoms with Crippen molar-refractivity contribution in [2.24, 2.45) is 4.99 Å². The molecule has 1 aliphatic heterocycles. The Hall–Kier alpha value is -2.20. The molecule has 32 heavy (non-hydrogen) atoms. The van der Waals surface area contributed by atoms with E-state index in [-0.39, 0.29) is 36.1 Å². The summed E-state index contributed by atoms with van der Waals surface area (Å²) >= 11 is 6.19. The minimum Gasteiger partial charge on any atom is -0.487 e. The van der Waals surface area contributed by atoms with Crippen molar-refractivity contribution in [1.82, 2.24) is 15.5 Å². The molecule has 0 bridgehead atoms. The molecule has 2 N–H and O–H groups in total. The third kappa shape index (κ3) is 7.44. The van der Waals surface area contributed by atoms with Crippen LogP contribution < -0.4 is 15.4 Å². The zero-order valence-electron chi connectivity index (χ0n) is 18.3. The molecule has 1 fully saturated rings. The molecule has 7 nitrogen and oxygen atoms in total. The van der Waals surface area contributed by atoms with Crippen molar-refractivity contribution >= 4 is 47.6 Å². The summed E-state index contributed by atoms with van der Waals surface area (Å²) in [6, 6.07) is 15.8. The number of methoxy groups -OCH3 is 1. The standard InChI is InChI=1S/C23H29ClN4O3.HI/c1-25-22(27-19-11-13-28(14-12-19)23(29)30-2)26-15-17-7-3-4-8-18(17)16-31-21-10-6-5-9-20(21)24;/h3-10,19H,11-16H2,1-2H3,(H2,25,26,27);1H. The Morgan fingerprint density at radius 1 is 1.12 bits per heavy atom. The van der Waals surface area contributed by atoms with E-state index in [9.17, 15) is 4.79 Å². The van der Waals surface area contributed by atoms with Gasteiger partial charge >= 0.3 is 6.09 Å². The zero-order chi connectivity index (χ0) is 22.1. The number of ether oxygens (including phenoxy) is 2. The van der Waals surface area contributed by atoms with Gasteiger partial charge in [0.1, 0.15) is 12.4 Å². The third-order valence-electron chi connectivity index (χ3n) is 5.28. The second kappa shape index (κ2) is 13.4. The summed E-state index contributed by atoms with van der Waals surface area (Å²) < 4.78 is 10.7. The van der Waals surface area contributed by atoms with Crippen molar-refractivity contribution in [2.75, 3.05) is 27.2 Å². The Balaban J connectivity index is 0.00000363. The highest BCUT2D eigenvalue weighted by Gasteiger charge is 2.23. The lowest BCUT2D eigenvalue weighted by Crippen LogP contribution is -2.49. The fourth-order valence-electron chi connectivity index (χ4n) is 3.49. The first-order valence-corrected chi connectivity index (χ1v) is 10.7. The van der Waals surface area contributed by atoms with Gasteiger partial charge in [-0.1, -0.05) is 48.0 Å². The molecule has 0 atom stereocenters. The molecule has 1 saturated heterocycles. The second-order valence-corrected chi connectivity index (χ2v) is 7.70. The van der Waals surface area contributed by atoms with Gasteiger partial charge in [-0.05, 0) is 36.1 Å². The maximum atomic E-state index is 11.6.